The standard InChI is InChI=1S/C37H46O13/c1-19-16-17-36(9,10)34(48-25(7)41)32(47-24(6)40)31(46-23(5)39)21(3)30(49-35(44)27-14-12-11-13-15-27)28-29(45-22(4)38)20(2)18-37(28,33(19)43)50-26(8)42/h11-17,19-20,28-32,34H,3,18H2,1-2,4-10H3. The summed E-state index contributed by atoms with van der Waals surface area (Å²) >= 11 is 0. The highest BCUT2D eigenvalue weighted by Crippen LogP contribution is 2.51. The number of esters is 6. The van der Waals surface area contributed by atoms with E-state index in [0.717, 1.165) is 34.6 Å². The van der Waals surface area contributed by atoms with Crippen LogP contribution in [0.25, 0.3) is 0 Å². The molecule has 0 aliphatic heterocycles. The molecule has 2 aliphatic rings. The van der Waals surface area contributed by atoms with Crippen LogP contribution >= 0.6 is 0 Å². The van der Waals surface area contributed by atoms with Crippen LogP contribution < -0.4 is 0 Å². The predicted molar refractivity (Wildman–Crippen MR) is 176 cm³/mol. The van der Waals surface area contributed by atoms with Crippen molar-refractivity contribution in [1.29, 1.82) is 0 Å². The van der Waals surface area contributed by atoms with Crippen LogP contribution in [0.4, 0.5) is 0 Å². The monoisotopic (exact) mass is 698 g/mol. The zero-order chi connectivity index (χ0) is 37.7. The van der Waals surface area contributed by atoms with Gasteiger partial charge < -0.3 is 28.4 Å². The van der Waals surface area contributed by atoms with Gasteiger partial charge in [-0.1, -0.05) is 64.6 Å². The largest absolute Gasteiger partial charge is 0.462 e. The van der Waals surface area contributed by atoms with Gasteiger partial charge in [0.2, 0.25) is 0 Å². The summed E-state index contributed by atoms with van der Waals surface area (Å²) in [5, 5.41) is 0. The lowest BCUT2D eigenvalue weighted by Gasteiger charge is -2.44. The van der Waals surface area contributed by atoms with E-state index in [1.807, 2.05) is 0 Å². The number of ketones is 1. The van der Waals surface area contributed by atoms with E-state index < -0.39 is 101 Å². The molecule has 13 heteroatoms. The molecule has 0 spiro atoms. The molecule has 0 saturated heterocycles. The number of allylic oxidation sites excluding steroid dienone is 1. The molecule has 1 fully saturated rings. The van der Waals surface area contributed by atoms with Crippen molar-refractivity contribution in [3.63, 3.8) is 0 Å². The van der Waals surface area contributed by atoms with E-state index in [1.54, 1.807) is 52.0 Å². The molecule has 0 heterocycles. The first-order chi connectivity index (χ1) is 23.2. The van der Waals surface area contributed by atoms with Gasteiger partial charge in [-0.05, 0) is 18.1 Å². The van der Waals surface area contributed by atoms with Crippen LogP contribution in [0.15, 0.2) is 54.6 Å². The number of Topliss-reactive ketones (excluding diaryl/α,β-unsaturated/α-hetero) is 1. The average molecular weight is 699 g/mol. The summed E-state index contributed by atoms with van der Waals surface area (Å²) in [5.74, 6) is -8.67. The summed E-state index contributed by atoms with van der Waals surface area (Å²) in [6.45, 7) is 16.3. The molecule has 1 aromatic rings. The molecule has 13 nitrogen and oxygen atoms in total. The van der Waals surface area contributed by atoms with E-state index in [2.05, 4.69) is 6.58 Å². The minimum atomic E-state index is -2.07. The first-order valence-electron chi connectivity index (χ1n) is 16.3. The molecule has 1 saturated carbocycles. The van der Waals surface area contributed by atoms with E-state index >= 15 is 0 Å². The van der Waals surface area contributed by atoms with Crippen LogP contribution in [0.1, 0.15) is 79.1 Å². The number of hydrogen-bond acceptors (Lipinski definition) is 13. The number of ether oxygens (including phenoxy) is 6. The highest BCUT2D eigenvalue weighted by atomic mass is 16.6. The Bertz CT molecular complexity index is 1540. The summed E-state index contributed by atoms with van der Waals surface area (Å²) in [6.07, 6.45) is -4.62. The molecule has 1 aromatic carbocycles. The Morgan fingerprint density at radius 3 is 1.78 bits per heavy atom. The molecule has 3 rings (SSSR count). The second kappa shape index (κ2) is 15.8. The lowest BCUT2D eigenvalue weighted by Crippen LogP contribution is -2.59. The van der Waals surface area contributed by atoms with E-state index in [9.17, 15) is 33.6 Å². The number of hydrogen-bond donors (Lipinski definition) is 0. The Labute approximate surface area is 291 Å². The van der Waals surface area contributed by atoms with Gasteiger partial charge in [0.25, 0.3) is 0 Å². The molecule has 0 radical (unpaired) electrons. The molecule has 0 aromatic heterocycles. The van der Waals surface area contributed by atoms with E-state index in [4.69, 9.17) is 28.4 Å². The van der Waals surface area contributed by atoms with Crippen molar-refractivity contribution in [1.82, 2.24) is 0 Å². The maximum absolute atomic E-state index is 14.7. The van der Waals surface area contributed by atoms with Gasteiger partial charge in [0, 0.05) is 57.9 Å². The van der Waals surface area contributed by atoms with Crippen molar-refractivity contribution < 1.29 is 62.0 Å². The fourth-order valence-corrected chi connectivity index (χ4v) is 6.92. The first kappa shape index (κ1) is 39.6. The molecule has 272 valence electrons. The third-order valence-corrected chi connectivity index (χ3v) is 8.87. The third-order valence-electron chi connectivity index (χ3n) is 8.87. The van der Waals surface area contributed by atoms with Crippen molar-refractivity contribution in [3.05, 3.63) is 60.2 Å². The minimum Gasteiger partial charge on any atom is -0.462 e. The third kappa shape index (κ3) is 8.85. The predicted octanol–water partition coefficient (Wildman–Crippen LogP) is 4.25. The van der Waals surface area contributed by atoms with Gasteiger partial charge >= 0.3 is 35.8 Å². The molecule has 0 bridgehead atoms. The quantitative estimate of drug-likeness (QED) is 0.225. The Balaban J connectivity index is 2.52. The number of carbonyl (C=O) groups is 7. The molecule has 9 atom stereocenters. The Kier molecular flexibility index (Phi) is 12.5. The van der Waals surface area contributed by atoms with Crippen LogP contribution in [-0.2, 0) is 57.2 Å². The lowest BCUT2D eigenvalue weighted by atomic mass is 9.72. The van der Waals surface area contributed by atoms with Gasteiger partial charge in [-0.25, -0.2) is 4.79 Å². The van der Waals surface area contributed by atoms with Gasteiger partial charge in [0.05, 0.1) is 11.5 Å². The second-order valence-electron chi connectivity index (χ2n) is 13.5. The Hall–Kier alpha value is -4.81. The SMILES string of the molecule is C=C1C(OC(C)=O)C(OC(C)=O)C(OC(C)=O)C(C)(C)C=CC(C)C(=O)C2(OC(C)=O)CC(C)C(OC(C)=O)C2C1OC(=O)c1ccccc1. The summed E-state index contributed by atoms with van der Waals surface area (Å²) in [4.78, 5) is 92.0. The highest BCUT2D eigenvalue weighted by molar-refractivity contribution is 5.94. The maximum atomic E-state index is 14.7. The fourth-order valence-electron chi connectivity index (χ4n) is 6.92. The molecule has 2 aliphatic carbocycles. The summed E-state index contributed by atoms with van der Waals surface area (Å²) in [5.41, 5.74) is -3.44. The zero-order valence-corrected chi connectivity index (χ0v) is 29.9. The van der Waals surface area contributed by atoms with Gasteiger partial charge in [-0.15, -0.1) is 0 Å². The van der Waals surface area contributed by atoms with Crippen LogP contribution in [0.5, 0.6) is 0 Å². The van der Waals surface area contributed by atoms with Crippen molar-refractivity contribution in [2.45, 2.75) is 105 Å². The van der Waals surface area contributed by atoms with Gasteiger partial charge in [-0.2, -0.15) is 0 Å². The van der Waals surface area contributed by atoms with Crippen LogP contribution in [-0.4, -0.2) is 77.7 Å². The van der Waals surface area contributed by atoms with Gasteiger partial charge in [0.15, 0.2) is 29.7 Å². The fraction of sp³-hybridized carbons (Fsp3) is 0.541. The number of benzene rings is 1. The number of carbonyl (C=O) groups excluding carboxylic acids is 7. The first-order valence-corrected chi connectivity index (χ1v) is 16.3. The van der Waals surface area contributed by atoms with E-state index in [1.165, 1.54) is 18.2 Å². The van der Waals surface area contributed by atoms with Crippen molar-refractivity contribution in [2.75, 3.05) is 0 Å². The summed E-state index contributed by atoms with van der Waals surface area (Å²) in [6, 6.07) is 7.82. The maximum Gasteiger partial charge on any atom is 0.338 e. The smallest absolute Gasteiger partial charge is 0.338 e. The molecule has 50 heavy (non-hydrogen) atoms. The van der Waals surface area contributed by atoms with Crippen molar-refractivity contribution in [2.24, 2.45) is 23.2 Å². The molecule has 0 amide bonds. The summed E-state index contributed by atoms with van der Waals surface area (Å²) in [7, 11) is 0. The van der Waals surface area contributed by atoms with E-state index in [-0.39, 0.29) is 17.6 Å². The lowest BCUT2D eigenvalue weighted by molar-refractivity contribution is -0.191. The molecular formula is C37H46O13. The van der Waals surface area contributed by atoms with Crippen molar-refractivity contribution in [3.8, 4) is 0 Å². The van der Waals surface area contributed by atoms with E-state index in [0.29, 0.717) is 0 Å². The van der Waals surface area contributed by atoms with Crippen LogP contribution in [0.3, 0.4) is 0 Å². The normalized spacial score (nSPS) is 30.7. The Morgan fingerprint density at radius 1 is 0.720 bits per heavy atom. The minimum absolute atomic E-state index is 0.0849. The molecular weight excluding hydrogens is 652 g/mol. The van der Waals surface area contributed by atoms with Gasteiger partial charge in [-0.3, -0.25) is 28.8 Å². The highest BCUT2D eigenvalue weighted by Gasteiger charge is 2.66. The molecule has 9 unspecified atom stereocenters. The molecule has 0 N–H and O–H groups in total. The topological polar surface area (TPSA) is 175 Å². The number of fused-ring (bicyclic) bond motifs is 1. The number of rotatable bonds is 7. The second-order valence-corrected chi connectivity index (χ2v) is 13.5. The van der Waals surface area contributed by atoms with Crippen LogP contribution in [0.2, 0.25) is 0 Å². The average Bonchev–Trinajstić information content (AvgIpc) is 3.27. The van der Waals surface area contributed by atoms with Crippen LogP contribution in [0, 0.1) is 23.2 Å². The zero-order valence-electron chi connectivity index (χ0n) is 29.9. The summed E-state index contributed by atoms with van der Waals surface area (Å²) < 4.78 is 35.2. The van der Waals surface area contributed by atoms with Gasteiger partial charge in [0.1, 0.15) is 12.2 Å². The van der Waals surface area contributed by atoms with Crippen molar-refractivity contribution >= 4 is 41.6 Å². The Morgan fingerprint density at radius 2 is 1.26 bits per heavy atom.